The van der Waals surface area contributed by atoms with Gasteiger partial charge >= 0.3 is 6.09 Å². The molecular formula is C11H25NO2. The van der Waals surface area contributed by atoms with Gasteiger partial charge in [0, 0.05) is 14.1 Å². The molecule has 3 heteroatoms. The van der Waals surface area contributed by atoms with Crippen molar-refractivity contribution < 1.29 is 9.90 Å². The molecule has 1 N–H and O–H groups in total. The Bertz CT molecular complexity index is 118. The quantitative estimate of drug-likeness (QED) is 0.694. The predicted molar refractivity (Wildman–Crippen MR) is 60.8 cm³/mol. The summed E-state index contributed by atoms with van der Waals surface area (Å²) < 4.78 is 0. The first-order chi connectivity index (χ1) is 6.56. The zero-order chi connectivity index (χ0) is 11.4. The van der Waals surface area contributed by atoms with E-state index < -0.39 is 6.09 Å². The normalized spacial score (nSPS) is 8.86. The van der Waals surface area contributed by atoms with Crippen molar-refractivity contribution in [1.29, 1.82) is 0 Å². The van der Waals surface area contributed by atoms with Crippen LogP contribution in [-0.2, 0) is 0 Å². The van der Waals surface area contributed by atoms with Crippen molar-refractivity contribution in [2.75, 3.05) is 14.1 Å². The fourth-order valence-electron chi connectivity index (χ4n) is 0.854. The summed E-state index contributed by atoms with van der Waals surface area (Å²) in [6.45, 7) is 4.51. The van der Waals surface area contributed by atoms with Gasteiger partial charge in [-0.05, 0) is 0 Å². The van der Waals surface area contributed by atoms with E-state index in [9.17, 15) is 4.79 Å². The van der Waals surface area contributed by atoms with Gasteiger partial charge < -0.3 is 10.0 Å². The molecule has 0 unspecified atom stereocenters. The number of nitrogens with zero attached hydrogens (tertiary/aromatic N) is 1. The summed E-state index contributed by atoms with van der Waals surface area (Å²) in [4.78, 5) is 10.7. The lowest BCUT2D eigenvalue weighted by molar-refractivity contribution is 0.165. The molecule has 0 saturated heterocycles. The second-order valence-corrected chi connectivity index (χ2v) is 3.59. The second kappa shape index (κ2) is 12.3. The van der Waals surface area contributed by atoms with Crippen molar-refractivity contribution >= 4 is 6.09 Å². The van der Waals surface area contributed by atoms with E-state index in [1.165, 1.54) is 52.6 Å². The molecule has 0 aliphatic rings. The van der Waals surface area contributed by atoms with Crippen LogP contribution < -0.4 is 0 Å². The van der Waals surface area contributed by atoms with Gasteiger partial charge in [-0.1, -0.05) is 52.4 Å². The fraction of sp³-hybridized carbons (Fsp3) is 0.909. The van der Waals surface area contributed by atoms with Crippen LogP contribution in [0.4, 0.5) is 4.79 Å². The Morgan fingerprint density at radius 1 is 1.00 bits per heavy atom. The van der Waals surface area contributed by atoms with Gasteiger partial charge in [0.05, 0.1) is 0 Å². The summed E-state index contributed by atoms with van der Waals surface area (Å²) in [6.07, 6.45) is 7.58. The maximum atomic E-state index is 9.62. The van der Waals surface area contributed by atoms with Crippen LogP contribution in [0.1, 0.15) is 52.4 Å². The van der Waals surface area contributed by atoms with Crippen molar-refractivity contribution in [2.45, 2.75) is 52.4 Å². The molecule has 0 aromatic heterocycles. The van der Waals surface area contributed by atoms with E-state index in [2.05, 4.69) is 13.8 Å². The topological polar surface area (TPSA) is 40.5 Å². The lowest BCUT2D eigenvalue weighted by Gasteiger charge is -1.99. The van der Waals surface area contributed by atoms with Gasteiger partial charge in [-0.3, -0.25) is 0 Å². The number of carboxylic acid groups (broad SMARTS) is 1. The Morgan fingerprint density at radius 2 is 1.29 bits per heavy atom. The minimum atomic E-state index is -0.907. The Kier molecular flexibility index (Phi) is 13.8. The molecular weight excluding hydrogens is 178 g/mol. The van der Waals surface area contributed by atoms with E-state index in [1.54, 1.807) is 0 Å². The lowest BCUT2D eigenvalue weighted by atomic mass is 10.1. The van der Waals surface area contributed by atoms with Crippen molar-refractivity contribution in [3.8, 4) is 0 Å². The largest absolute Gasteiger partial charge is 0.465 e. The number of rotatable bonds is 5. The van der Waals surface area contributed by atoms with Crippen LogP contribution in [0.15, 0.2) is 0 Å². The molecule has 0 aromatic rings. The standard InChI is InChI=1S/C8H18.C3H7NO2/c1-3-5-7-8-6-4-2;1-4(2)3(5)6/h3-8H2,1-2H3;1-2H3,(H,5,6). The van der Waals surface area contributed by atoms with Crippen LogP contribution in [0, 0.1) is 0 Å². The van der Waals surface area contributed by atoms with Crippen molar-refractivity contribution in [1.82, 2.24) is 4.90 Å². The Morgan fingerprint density at radius 3 is 1.43 bits per heavy atom. The van der Waals surface area contributed by atoms with Gasteiger partial charge in [0.25, 0.3) is 0 Å². The molecule has 0 atom stereocenters. The van der Waals surface area contributed by atoms with Crippen LogP contribution in [0.3, 0.4) is 0 Å². The van der Waals surface area contributed by atoms with Gasteiger partial charge in [0.2, 0.25) is 0 Å². The van der Waals surface area contributed by atoms with Crippen molar-refractivity contribution in [2.24, 2.45) is 0 Å². The molecule has 86 valence electrons. The molecule has 0 saturated carbocycles. The van der Waals surface area contributed by atoms with Crippen LogP contribution in [0.25, 0.3) is 0 Å². The molecule has 0 bridgehead atoms. The van der Waals surface area contributed by atoms with E-state index >= 15 is 0 Å². The van der Waals surface area contributed by atoms with E-state index in [1.807, 2.05) is 0 Å². The highest BCUT2D eigenvalue weighted by atomic mass is 16.4. The summed E-state index contributed by atoms with van der Waals surface area (Å²) >= 11 is 0. The smallest absolute Gasteiger partial charge is 0.406 e. The summed E-state index contributed by atoms with van der Waals surface area (Å²) in [6, 6.07) is 0. The number of unbranched alkanes of at least 4 members (excludes halogenated alkanes) is 5. The van der Waals surface area contributed by atoms with E-state index in [4.69, 9.17) is 5.11 Å². The lowest BCUT2D eigenvalue weighted by Crippen LogP contribution is -2.18. The summed E-state index contributed by atoms with van der Waals surface area (Å²) in [5, 5.41) is 7.92. The van der Waals surface area contributed by atoms with Crippen LogP contribution in [0.2, 0.25) is 0 Å². The van der Waals surface area contributed by atoms with Gasteiger partial charge in [0.15, 0.2) is 0 Å². The minimum absolute atomic E-state index is 0.907. The fourth-order valence-corrected chi connectivity index (χ4v) is 0.854. The van der Waals surface area contributed by atoms with Gasteiger partial charge in [-0.2, -0.15) is 0 Å². The van der Waals surface area contributed by atoms with Gasteiger partial charge in [-0.15, -0.1) is 0 Å². The van der Waals surface area contributed by atoms with Gasteiger partial charge in [0.1, 0.15) is 0 Å². The molecule has 0 rings (SSSR count). The number of hydrogen-bond donors (Lipinski definition) is 1. The van der Waals surface area contributed by atoms with E-state index in [0.29, 0.717) is 0 Å². The third-order valence-corrected chi connectivity index (χ3v) is 1.84. The summed E-state index contributed by atoms with van der Waals surface area (Å²) in [5.41, 5.74) is 0. The SMILES string of the molecule is CCCCCCCC.CN(C)C(=O)O. The van der Waals surface area contributed by atoms with Crippen LogP contribution in [-0.4, -0.2) is 30.2 Å². The molecule has 14 heavy (non-hydrogen) atoms. The molecule has 0 aromatic carbocycles. The first kappa shape index (κ1) is 15.7. The number of amides is 1. The highest BCUT2D eigenvalue weighted by molar-refractivity contribution is 5.63. The Labute approximate surface area is 88.1 Å². The summed E-state index contributed by atoms with van der Waals surface area (Å²) in [7, 11) is 2.95. The molecule has 0 spiro atoms. The number of hydrogen-bond acceptors (Lipinski definition) is 1. The average Bonchev–Trinajstić information content (AvgIpc) is 2.13. The molecule has 0 radical (unpaired) electrons. The first-order valence-electron chi connectivity index (χ1n) is 5.46. The molecule has 0 aliphatic heterocycles. The predicted octanol–water partition coefficient (Wildman–Crippen LogP) is 3.59. The van der Waals surface area contributed by atoms with Crippen LogP contribution in [0.5, 0.6) is 0 Å². The molecule has 1 amide bonds. The Balaban J connectivity index is 0. The maximum Gasteiger partial charge on any atom is 0.406 e. The molecule has 0 heterocycles. The zero-order valence-corrected chi connectivity index (χ0v) is 10.0. The monoisotopic (exact) mass is 203 g/mol. The second-order valence-electron chi connectivity index (χ2n) is 3.59. The highest BCUT2D eigenvalue weighted by Crippen LogP contribution is 2.03. The molecule has 3 nitrogen and oxygen atoms in total. The number of carbonyl (C=O) groups is 1. The zero-order valence-electron chi connectivity index (χ0n) is 10.0. The maximum absolute atomic E-state index is 9.62. The van der Waals surface area contributed by atoms with E-state index in [-0.39, 0.29) is 0 Å². The Hall–Kier alpha value is -0.730. The third kappa shape index (κ3) is 17.4. The highest BCUT2D eigenvalue weighted by Gasteiger charge is 1.91. The minimum Gasteiger partial charge on any atom is -0.465 e. The third-order valence-electron chi connectivity index (χ3n) is 1.84. The molecule has 0 aliphatic carbocycles. The summed E-state index contributed by atoms with van der Waals surface area (Å²) in [5.74, 6) is 0. The average molecular weight is 203 g/mol. The van der Waals surface area contributed by atoms with Gasteiger partial charge in [-0.25, -0.2) is 4.79 Å². The first-order valence-corrected chi connectivity index (χ1v) is 5.46. The van der Waals surface area contributed by atoms with Crippen LogP contribution >= 0.6 is 0 Å². The van der Waals surface area contributed by atoms with E-state index in [0.717, 1.165) is 4.90 Å². The van der Waals surface area contributed by atoms with Crippen molar-refractivity contribution in [3.05, 3.63) is 0 Å². The molecule has 0 fully saturated rings. The van der Waals surface area contributed by atoms with Crippen molar-refractivity contribution in [3.63, 3.8) is 0 Å².